The molecule has 0 heterocycles. The number of hydrogen-bond donors (Lipinski definition) is 3. The maximum absolute atomic E-state index is 12.3. The van der Waals surface area contributed by atoms with Crippen LogP contribution in [0.2, 0.25) is 0 Å². The molecule has 0 aromatic heterocycles. The lowest BCUT2D eigenvalue weighted by atomic mass is 9.93. The molecule has 0 radical (unpaired) electrons. The van der Waals surface area contributed by atoms with Crippen LogP contribution in [0.4, 0.5) is 10.5 Å². The second-order valence-electron chi connectivity index (χ2n) is 6.86. The van der Waals surface area contributed by atoms with Crippen molar-refractivity contribution in [1.29, 1.82) is 0 Å². The highest BCUT2D eigenvalue weighted by molar-refractivity contribution is 7.98. The summed E-state index contributed by atoms with van der Waals surface area (Å²) in [6.07, 6.45) is 1.93. The lowest BCUT2D eigenvalue weighted by Gasteiger charge is -2.24. The van der Waals surface area contributed by atoms with Crippen LogP contribution in [0.25, 0.3) is 0 Å². The number of nitrogens with one attached hydrogen (secondary N) is 2. The van der Waals surface area contributed by atoms with Crippen molar-refractivity contribution < 1.29 is 9.90 Å². The highest BCUT2D eigenvalue weighted by Gasteiger charge is 2.21. The molecule has 0 saturated heterocycles. The third kappa shape index (κ3) is 6.07. The Morgan fingerprint density at radius 2 is 1.74 bits per heavy atom. The Bertz CT molecular complexity index is 502. The van der Waals surface area contributed by atoms with Gasteiger partial charge in [-0.2, -0.15) is 11.8 Å². The predicted molar refractivity (Wildman–Crippen MR) is 101 cm³/mol. The molecule has 1 unspecified atom stereocenters. The van der Waals surface area contributed by atoms with Gasteiger partial charge in [0.25, 0.3) is 0 Å². The minimum atomic E-state index is -0.908. The summed E-state index contributed by atoms with van der Waals surface area (Å²) < 4.78 is 0. The Labute approximate surface area is 144 Å². The molecule has 1 rings (SSSR count). The molecule has 0 bridgehead atoms. The molecule has 5 heteroatoms. The topological polar surface area (TPSA) is 61.4 Å². The highest BCUT2D eigenvalue weighted by atomic mass is 32.2. The van der Waals surface area contributed by atoms with Crippen LogP contribution in [0.3, 0.4) is 0 Å². The lowest BCUT2D eigenvalue weighted by Crippen LogP contribution is -2.44. The lowest BCUT2D eigenvalue weighted by molar-refractivity contribution is 0.0876. The second-order valence-corrected chi connectivity index (χ2v) is 7.72. The number of rotatable bonds is 7. The van der Waals surface area contributed by atoms with Crippen LogP contribution >= 0.6 is 11.8 Å². The van der Waals surface area contributed by atoms with E-state index in [0.717, 1.165) is 16.8 Å². The maximum Gasteiger partial charge on any atom is 0.319 e. The molecule has 0 aliphatic heterocycles. The average molecular weight is 339 g/mol. The first-order chi connectivity index (χ1) is 10.7. The summed E-state index contributed by atoms with van der Waals surface area (Å²) >= 11 is 1.56. The summed E-state index contributed by atoms with van der Waals surface area (Å²) in [6, 6.07) is 5.87. The minimum Gasteiger partial charge on any atom is -0.387 e. The van der Waals surface area contributed by atoms with Crippen LogP contribution in [0.15, 0.2) is 18.2 Å². The Balaban J connectivity index is 2.89. The zero-order valence-electron chi connectivity index (χ0n) is 15.1. The van der Waals surface area contributed by atoms with Crippen LogP contribution in [-0.4, -0.2) is 35.3 Å². The standard InChI is InChI=1S/C18H30N2O2S/c1-12(2)14-8-7-9-15(13(3)4)16(14)20-17(21)19-10-18(5,22)11-23-6/h7-9,12-13,22H,10-11H2,1-6H3,(H2,19,20,21). The molecule has 130 valence electrons. The quantitative estimate of drug-likeness (QED) is 0.699. The Kier molecular flexibility index (Phi) is 7.42. The minimum absolute atomic E-state index is 0.223. The van der Waals surface area contributed by atoms with Gasteiger partial charge in [-0.3, -0.25) is 0 Å². The van der Waals surface area contributed by atoms with Gasteiger partial charge in [-0.05, 0) is 36.1 Å². The van der Waals surface area contributed by atoms with Crippen LogP contribution in [0.1, 0.15) is 57.6 Å². The van der Waals surface area contributed by atoms with Crippen molar-refractivity contribution in [1.82, 2.24) is 5.32 Å². The van der Waals surface area contributed by atoms with E-state index < -0.39 is 5.60 Å². The summed E-state index contributed by atoms with van der Waals surface area (Å²) in [5.74, 6) is 1.22. The number of carbonyl (C=O) groups is 1. The van der Waals surface area contributed by atoms with E-state index in [1.165, 1.54) is 0 Å². The van der Waals surface area contributed by atoms with Gasteiger partial charge in [0.1, 0.15) is 0 Å². The Hall–Kier alpha value is -1.20. The van der Waals surface area contributed by atoms with Gasteiger partial charge in [-0.15, -0.1) is 0 Å². The Morgan fingerprint density at radius 1 is 1.22 bits per heavy atom. The Morgan fingerprint density at radius 3 is 2.17 bits per heavy atom. The molecule has 1 aromatic rings. The average Bonchev–Trinajstić information content (AvgIpc) is 2.45. The zero-order chi connectivity index (χ0) is 17.6. The first-order valence-corrected chi connectivity index (χ1v) is 9.46. The molecule has 23 heavy (non-hydrogen) atoms. The van der Waals surface area contributed by atoms with Crippen molar-refractivity contribution in [2.24, 2.45) is 0 Å². The van der Waals surface area contributed by atoms with E-state index in [-0.39, 0.29) is 12.6 Å². The van der Waals surface area contributed by atoms with E-state index in [0.29, 0.717) is 17.6 Å². The molecule has 0 aliphatic carbocycles. The molecule has 2 amide bonds. The van der Waals surface area contributed by atoms with E-state index >= 15 is 0 Å². The van der Waals surface area contributed by atoms with Crippen LogP contribution in [0, 0.1) is 0 Å². The number of amides is 2. The molecule has 0 fully saturated rings. The normalized spacial score (nSPS) is 14.0. The van der Waals surface area contributed by atoms with Crippen molar-refractivity contribution in [2.75, 3.05) is 23.9 Å². The highest BCUT2D eigenvalue weighted by Crippen LogP contribution is 2.32. The fourth-order valence-electron chi connectivity index (χ4n) is 2.49. The van der Waals surface area contributed by atoms with Gasteiger partial charge in [-0.1, -0.05) is 45.9 Å². The molecular weight excluding hydrogens is 308 g/mol. The van der Waals surface area contributed by atoms with Gasteiger partial charge >= 0.3 is 6.03 Å². The summed E-state index contributed by atoms with van der Waals surface area (Å²) in [5.41, 5.74) is 2.24. The van der Waals surface area contributed by atoms with E-state index in [2.05, 4.69) is 50.5 Å². The van der Waals surface area contributed by atoms with Gasteiger partial charge < -0.3 is 15.7 Å². The van der Waals surface area contributed by atoms with Gasteiger partial charge in [0.2, 0.25) is 0 Å². The van der Waals surface area contributed by atoms with Crippen molar-refractivity contribution >= 4 is 23.5 Å². The maximum atomic E-state index is 12.3. The predicted octanol–water partition coefficient (Wildman–Crippen LogP) is 4.17. The van der Waals surface area contributed by atoms with Crippen molar-refractivity contribution in [2.45, 2.75) is 52.1 Å². The largest absolute Gasteiger partial charge is 0.387 e. The number of carbonyl (C=O) groups excluding carboxylic acids is 1. The van der Waals surface area contributed by atoms with Gasteiger partial charge in [0.15, 0.2) is 0 Å². The zero-order valence-corrected chi connectivity index (χ0v) is 15.9. The molecule has 4 nitrogen and oxygen atoms in total. The first-order valence-electron chi connectivity index (χ1n) is 8.07. The third-order valence-electron chi connectivity index (χ3n) is 3.70. The smallest absolute Gasteiger partial charge is 0.319 e. The van der Waals surface area contributed by atoms with Crippen LogP contribution < -0.4 is 10.6 Å². The molecule has 0 saturated carbocycles. The summed E-state index contributed by atoms with van der Waals surface area (Å²) in [7, 11) is 0. The van der Waals surface area contributed by atoms with Crippen LogP contribution in [-0.2, 0) is 0 Å². The molecule has 1 aromatic carbocycles. The first kappa shape index (κ1) is 19.8. The van der Waals surface area contributed by atoms with Gasteiger partial charge in [0, 0.05) is 18.0 Å². The summed E-state index contributed by atoms with van der Waals surface area (Å²) in [6.45, 7) is 10.4. The molecule has 0 spiro atoms. The number of hydrogen-bond acceptors (Lipinski definition) is 3. The monoisotopic (exact) mass is 338 g/mol. The number of benzene rings is 1. The fraction of sp³-hybridized carbons (Fsp3) is 0.611. The second kappa shape index (κ2) is 8.60. The number of anilines is 1. The van der Waals surface area contributed by atoms with Gasteiger partial charge in [0.05, 0.1) is 5.60 Å². The van der Waals surface area contributed by atoms with E-state index in [9.17, 15) is 9.90 Å². The van der Waals surface area contributed by atoms with E-state index in [1.807, 2.05) is 12.3 Å². The fourth-order valence-corrected chi connectivity index (χ4v) is 3.21. The van der Waals surface area contributed by atoms with Crippen molar-refractivity contribution in [3.8, 4) is 0 Å². The van der Waals surface area contributed by atoms with Crippen LogP contribution in [0.5, 0.6) is 0 Å². The number of thioether (sulfide) groups is 1. The number of aliphatic hydroxyl groups is 1. The molecule has 3 N–H and O–H groups in total. The number of para-hydroxylation sites is 1. The molecular formula is C18H30N2O2S. The molecule has 1 atom stereocenters. The molecule has 0 aliphatic rings. The summed E-state index contributed by atoms with van der Waals surface area (Å²) in [5, 5.41) is 15.9. The van der Waals surface area contributed by atoms with E-state index in [4.69, 9.17) is 0 Å². The SMILES string of the molecule is CSCC(C)(O)CNC(=O)Nc1c(C(C)C)cccc1C(C)C. The van der Waals surface area contributed by atoms with Crippen molar-refractivity contribution in [3.63, 3.8) is 0 Å². The van der Waals surface area contributed by atoms with E-state index in [1.54, 1.807) is 18.7 Å². The summed E-state index contributed by atoms with van der Waals surface area (Å²) in [4.78, 5) is 12.3. The van der Waals surface area contributed by atoms with Crippen molar-refractivity contribution in [3.05, 3.63) is 29.3 Å². The third-order valence-corrected chi connectivity index (χ3v) is 4.61. The number of urea groups is 1. The van der Waals surface area contributed by atoms with Gasteiger partial charge in [-0.25, -0.2) is 4.79 Å².